The number of rotatable bonds is 8. The van der Waals surface area contributed by atoms with E-state index in [9.17, 15) is 0 Å². The zero-order valence-corrected chi connectivity index (χ0v) is 35.1. The van der Waals surface area contributed by atoms with Gasteiger partial charge in [-0.15, -0.1) is 0 Å². The van der Waals surface area contributed by atoms with Gasteiger partial charge in [-0.1, -0.05) is 200 Å². The van der Waals surface area contributed by atoms with Gasteiger partial charge in [-0.2, -0.15) is 0 Å². The molecule has 0 atom stereocenters. The molecule has 12 aromatic rings. The first-order valence-electron chi connectivity index (χ1n) is 22.0. The molecule has 0 aliphatic rings. The third kappa shape index (κ3) is 6.35. The minimum Gasteiger partial charge on any atom is -0.310 e. The molecular formula is C62H42N2. The molecule has 12 rings (SSSR count). The van der Waals surface area contributed by atoms with Crippen LogP contribution >= 0.6 is 0 Å². The highest BCUT2D eigenvalue weighted by Gasteiger charge is 2.21. The van der Waals surface area contributed by atoms with Gasteiger partial charge in [0.15, 0.2) is 0 Å². The van der Waals surface area contributed by atoms with E-state index in [1.807, 2.05) is 0 Å². The maximum Gasteiger partial charge on any atom is 0.0547 e. The molecule has 0 aliphatic heterocycles. The number of para-hydroxylation sites is 3. The largest absolute Gasteiger partial charge is 0.310 e. The number of anilines is 3. The number of hydrogen-bond acceptors (Lipinski definition) is 1. The van der Waals surface area contributed by atoms with Crippen LogP contribution in [0.4, 0.5) is 17.1 Å². The molecule has 0 unspecified atom stereocenters. The van der Waals surface area contributed by atoms with Crippen molar-refractivity contribution >= 4 is 60.4 Å². The maximum atomic E-state index is 2.43. The lowest BCUT2D eigenvalue weighted by atomic mass is 9.90. The monoisotopic (exact) mass is 814 g/mol. The Morgan fingerprint density at radius 3 is 1.47 bits per heavy atom. The van der Waals surface area contributed by atoms with Crippen LogP contribution < -0.4 is 4.90 Å². The van der Waals surface area contributed by atoms with Crippen molar-refractivity contribution in [2.75, 3.05) is 4.90 Å². The molecule has 1 heterocycles. The lowest BCUT2D eigenvalue weighted by molar-refractivity contribution is 1.18. The molecule has 0 aliphatic carbocycles. The zero-order valence-electron chi connectivity index (χ0n) is 35.1. The van der Waals surface area contributed by atoms with Crippen LogP contribution in [0.1, 0.15) is 0 Å². The molecule has 0 spiro atoms. The van der Waals surface area contributed by atoms with E-state index in [0.717, 1.165) is 28.3 Å². The summed E-state index contributed by atoms with van der Waals surface area (Å²) in [5, 5.41) is 7.45. The van der Waals surface area contributed by atoms with Crippen LogP contribution in [0.15, 0.2) is 255 Å². The van der Waals surface area contributed by atoms with Crippen molar-refractivity contribution in [3.63, 3.8) is 0 Å². The molecule has 0 bridgehead atoms. The van der Waals surface area contributed by atoms with E-state index in [1.165, 1.54) is 82.3 Å². The summed E-state index contributed by atoms with van der Waals surface area (Å²) in [4.78, 5) is 2.43. The van der Waals surface area contributed by atoms with Crippen LogP contribution in [0.2, 0.25) is 0 Å². The second-order valence-corrected chi connectivity index (χ2v) is 16.4. The number of benzene rings is 11. The first-order valence-corrected chi connectivity index (χ1v) is 22.0. The minimum atomic E-state index is 1.08. The van der Waals surface area contributed by atoms with Crippen LogP contribution in [0.3, 0.4) is 0 Å². The Hall–Kier alpha value is -8.46. The van der Waals surface area contributed by atoms with Gasteiger partial charge in [0.1, 0.15) is 0 Å². The average molecular weight is 815 g/mol. The summed E-state index contributed by atoms with van der Waals surface area (Å²) in [5.74, 6) is 0. The van der Waals surface area contributed by atoms with Gasteiger partial charge in [-0.25, -0.2) is 0 Å². The smallest absolute Gasteiger partial charge is 0.0547 e. The number of aromatic nitrogens is 1. The normalized spacial score (nSPS) is 11.4. The molecule has 0 radical (unpaired) electrons. The first-order chi connectivity index (χ1) is 31.8. The van der Waals surface area contributed by atoms with Gasteiger partial charge in [-0.3, -0.25) is 0 Å². The Morgan fingerprint density at radius 2 is 0.734 bits per heavy atom. The van der Waals surface area contributed by atoms with Gasteiger partial charge in [0, 0.05) is 33.4 Å². The quantitative estimate of drug-likeness (QED) is 0.148. The fourth-order valence-electron chi connectivity index (χ4n) is 9.92. The van der Waals surface area contributed by atoms with Crippen LogP contribution in [-0.2, 0) is 0 Å². The predicted octanol–water partition coefficient (Wildman–Crippen LogP) is 17.2. The highest BCUT2D eigenvalue weighted by Crippen LogP contribution is 2.46. The van der Waals surface area contributed by atoms with Gasteiger partial charge in [0.25, 0.3) is 0 Å². The van der Waals surface area contributed by atoms with Gasteiger partial charge < -0.3 is 9.47 Å². The Balaban J connectivity index is 1.03. The fraction of sp³-hybridized carbons (Fsp3) is 0. The first kappa shape index (κ1) is 37.3. The van der Waals surface area contributed by atoms with Crippen molar-refractivity contribution in [1.29, 1.82) is 0 Å². The van der Waals surface area contributed by atoms with Gasteiger partial charge >= 0.3 is 0 Å². The predicted molar refractivity (Wildman–Crippen MR) is 272 cm³/mol. The molecule has 0 N–H and O–H groups in total. The van der Waals surface area contributed by atoms with Crippen molar-refractivity contribution in [1.82, 2.24) is 4.57 Å². The average Bonchev–Trinajstić information content (AvgIpc) is 3.72. The van der Waals surface area contributed by atoms with E-state index < -0.39 is 0 Å². The number of hydrogen-bond donors (Lipinski definition) is 0. The van der Waals surface area contributed by atoms with Crippen molar-refractivity contribution < 1.29 is 0 Å². The van der Waals surface area contributed by atoms with Crippen molar-refractivity contribution in [3.05, 3.63) is 255 Å². The summed E-state index contributed by atoms with van der Waals surface area (Å²) in [5.41, 5.74) is 16.4. The zero-order chi connectivity index (χ0) is 42.4. The van der Waals surface area contributed by atoms with Crippen LogP contribution in [-0.4, -0.2) is 4.57 Å². The van der Waals surface area contributed by atoms with Gasteiger partial charge in [-0.05, 0) is 115 Å². The van der Waals surface area contributed by atoms with E-state index in [4.69, 9.17) is 0 Å². The highest BCUT2D eigenvalue weighted by molar-refractivity contribution is 6.16. The summed E-state index contributed by atoms with van der Waals surface area (Å²) in [6.07, 6.45) is 0. The topological polar surface area (TPSA) is 8.17 Å². The molecule has 2 nitrogen and oxygen atoms in total. The second-order valence-electron chi connectivity index (χ2n) is 16.4. The Labute approximate surface area is 373 Å². The molecule has 0 amide bonds. The lowest BCUT2D eigenvalue weighted by Gasteiger charge is -2.29. The van der Waals surface area contributed by atoms with Crippen LogP contribution in [0.5, 0.6) is 0 Å². The maximum absolute atomic E-state index is 2.43. The van der Waals surface area contributed by atoms with E-state index >= 15 is 0 Å². The molecule has 0 fully saturated rings. The Morgan fingerprint density at radius 1 is 0.266 bits per heavy atom. The van der Waals surface area contributed by atoms with Crippen LogP contribution in [0, 0.1) is 0 Å². The standard InChI is InChI=1S/C62H42N2/c1-3-17-44(18-4-1)53-29-14-21-47-22-15-31-56(61(47)53)55-26-9-11-32-58(55)63(49-39-35-45(36-40-49)52-28-13-20-43-19-7-8-25-51(43)52)50-41-37-46(38-42-50)54-30-16-34-60-62(54)57-27-10-12-33-59(57)64(60)48-23-5-2-6-24-48/h1-42H. The van der Waals surface area contributed by atoms with E-state index in [1.54, 1.807) is 0 Å². The Kier molecular flexibility index (Phi) is 9.20. The summed E-state index contributed by atoms with van der Waals surface area (Å²) in [6.45, 7) is 0. The molecule has 300 valence electrons. The third-order valence-electron chi connectivity index (χ3n) is 12.8. The Bertz CT molecular complexity index is 3630. The second kappa shape index (κ2) is 15.8. The van der Waals surface area contributed by atoms with Gasteiger partial charge in [0.2, 0.25) is 0 Å². The fourth-order valence-corrected chi connectivity index (χ4v) is 9.92. The van der Waals surface area contributed by atoms with E-state index in [2.05, 4.69) is 264 Å². The number of fused-ring (bicyclic) bond motifs is 5. The molecule has 2 heteroatoms. The summed E-state index contributed by atoms with van der Waals surface area (Å²) in [6, 6.07) is 92.6. The molecule has 1 aromatic heterocycles. The van der Waals surface area contributed by atoms with E-state index in [0.29, 0.717) is 0 Å². The summed E-state index contributed by atoms with van der Waals surface area (Å²) >= 11 is 0. The minimum absolute atomic E-state index is 1.08. The summed E-state index contributed by atoms with van der Waals surface area (Å²) < 4.78 is 2.39. The molecule has 64 heavy (non-hydrogen) atoms. The lowest BCUT2D eigenvalue weighted by Crippen LogP contribution is -2.11. The van der Waals surface area contributed by atoms with Crippen molar-refractivity contribution in [2.45, 2.75) is 0 Å². The van der Waals surface area contributed by atoms with Crippen LogP contribution in [0.25, 0.3) is 93.5 Å². The molecular weight excluding hydrogens is 773 g/mol. The SMILES string of the molecule is c1ccc(-c2cccc3cccc(-c4ccccc4N(c4ccc(-c5cccc6ccccc56)cc4)c4ccc(-c5cccc6c5c5ccccc5n6-c5ccccc5)cc4)c23)cc1. The summed E-state index contributed by atoms with van der Waals surface area (Å²) in [7, 11) is 0. The number of nitrogens with zero attached hydrogens (tertiary/aromatic N) is 2. The molecule has 0 saturated heterocycles. The van der Waals surface area contributed by atoms with Crippen molar-refractivity contribution in [3.8, 4) is 50.2 Å². The highest BCUT2D eigenvalue weighted by atomic mass is 15.1. The van der Waals surface area contributed by atoms with E-state index in [-0.39, 0.29) is 0 Å². The van der Waals surface area contributed by atoms with Gasteiger partial charge in [0.05, 0.1) is 16.7 Å². The molecule has 11 aromatic carbocycles. The third-order valence-corrected chi connectivity index (χ3v) is 12.8. The molecule has 0 saturated carbocycles. The van der Waals surface area contributed by atoms with Crippen molar-refractivity contribution in [2.24, 2.45) is 0 Å².